The van der Waals surface area contributed by atoms with Gasteiger partial charge in [0, 0.05) is 41.5 Å². The Hall–Kier alpha value is -1.26. The van der Waals surface area contributed by atoms with Crippen molar-refractivity contribution in [3.63, 3.8) is 0 Å². The third kappa shape index (κ3) is 2.63. The highest BCUT2D eigenvalue weighted by atomic mass is 32.2. The zero-order valence-electron chi connectivity index (χ0n) is 12.0. The summed E-state index contributed by atoms with van der Waals surface area (Å²) in [7, 11) is 2.06. The Kier molecular flexibility index (Phi) is 4.13. The van der Waals surface area contributed by atoms with Gasteiger partial charge in [0.2, 0.25) is 0 Å². The monoisotopic (exact) mass is 287 g/mol. The fourth-order valence-electron chi connectivity index (χ4n) is 2.87. The molecule has 0 radical (unpaired) electrons. The van der Waals surface area contributed by atoms with Crippen molar-refractivity contribution >= 4 is 11.8 Å². The van der Waals surface area contributed by atoms with Crippen molar-refractivity contribution < 1.29 is 0 Å². The molecule has 1 aliphatic rings. The van der Waals surface area contributed by atoms with Gasteiger partial charge in [-0.15, -0.1) is 11.8 Å². The Morgan fingerprint density at radius 1 is 1.45 bits per heavy atom. The highest BCUT2D eigenvalue weighted by Gasteiger charge is 2.29. The number of rotatable bonds is 5. The minimum atomic E-state index is 0.458. The number of imidazole rings is 1. The standard InChI is InChI=1S/C16H21N3S/c1-3-19-9-8-18-16(19)11-13(17-2)15-10-12-6-4-5-7-14(12)20-15/h4-9,13,15,17H,3,10-11H2,1-2H3. The number of nitrogens with zero attached hydrogens (tertiary/aromatic N) is 2. The van der Waals surface area contributed by atoms with Crippen LogP contribution in [0.2, 0.25) is 0 Å². The van der Waals surface area contributed by atoms with Gasteiger partial charge in [-0.05, 0) is 32.0 Å². The van der Waals surface area contributed by atoms with Crippen LogP contribution in [0, 0.1) is 0 Å². The van der Waals surface area contributed by atoms with Crippen LogP contribution >= 0.6 is 11.8 Å². The summed E-state index contributed by atoms with van der Waals surface area (Å²) in [5.74, 6) is 1.18. The van der Waals surface area contributed by atoms with Gasteiger partial charge in [0.25, 0.3) is 0 Å². The number of benzene rings is 1. The van der Waals surface area contributed by atoms with Gasteiger partial charge in [-0.25, -0.2) is 4.98 Å². The highest BCUT2D eigenvalue weighted by molar-refractivity contribution is 8.00. The number of fused-ring (bicyclic) bond motifs is 1. The van der Waals surface area contributed by atoms with Crippen LogP contribution in [0.25, 0.3) is 0 Å². The molecular weight excluding hydrogens is 266 g/mol. The van der Waals surface area contributed by atoms with Crippen LogP contribution in [0.1, 0.15) is 18.3 Å². The van der Waals surface area contributed by atoms with Crippen molar-refractivity contribution in [2.45, 2.75) is 42.5 Å². The summed E-state index contributed by atoms with van der Waals surface area (Å²) in [6, 6.07) is 9.22. The van der Waals surface area contributed by atoms with Gasteiger partial charge >= 0.3 is 0 Å². The van der Waals surface area contributed by atoms with Gasteiger partial charge in [-0.1, -0.05) is 18.2 Å². The lowest BCUT2D eigenvalue weighted by molar-refractivity contribution is 0.511. The molecule has 2 atom stereocenters. The van der Waals surface area contributed by atoms with Crippen molar-refractivity contribution in [3.8, 4) is 0 Å². The molecule has 0 bridgehead atoms. The number of hydrogen-bond acceptors (Lipinski definition) is 3. The normalized spacial score (nSPS) is 19.0. The van der Waals surface area contributed by atoms with E-state index in [4.69, 9.17) is 0 Å². The van der Waals surface area contributed by atoms with Gasteiger partial charge < -0.3 is 9.88 Å². The number of aryl methyl sites for hydroxylation is 1. The molecule has 0 amide bonds. The maximum atomic E-state index is 4.51. The first-order valence-corrected chi connectivity index (χ1v) is 8.11. The molecule has 1 aromatic heterocycles. The summed E-state index contributed by atoms with van der Waals surface area (Å²) in [6.07, 6.45) is 6.11. The van der Waals surface area contributed by atoms with Crippen molar-refractivity contribution in [2.24, 2.45) is 0 Å². The molecule has 1 N–H and O–H groups in total. The summed E-state index contributed by atoms with van der Waals surface area (Å²) in [4.78, 5) is 5.95. The smallest absolute Gasteiger partial charge is 0.110 e. The quantitative estimate of drug-likeness (QED) is 0.917. The Bertz CT molecular complexity index is 554. The van der Waals surface area contributed by atoms with E-state index in [1.807, 2.05) is 18.0 Å². The van der Waals surface area contributed by atoms with Gasteiger partial charge in [0.05, 0.1) is 0 Å². The first kappa shape index (κ1) is 13.7. The van der Waals surface area contributed by atoms with Crippen LogP contribution in [0.15, 0.2) is 41.6 Å². The Morgan fingerprint density at radius 2 is 2.30 bits per heavy atom. The molecule has 2 unspecified atom stereocenters. The van der Waals surface area contributed by atoms with Crippen LogP contribution in [0.4, 0.5) is 0 Å². The Labute approximate surface area is 124 Å². The Morgan fingerprint density at radius 3 is 3.05 bits per heavy atom. The first-order valence-electron chi connectivity index (χ1n) is 7.23. The van der Waals surface area contributed by atoms with E-state index in [9.17, 15) is 0 Å². The average Bonchev–Trinajstić information content (AvgIpc) is 3.10. The van der Waals surface area contributed by atoms with Crippen LogP contribution in [0.5, 0.6) is 0 Å². The minimum Gasteiger partial charge on any atom is -0.335 e. The molecule has 0 saturated heterocycles. The molecule has 2 aromatic rings. The number of hydrogen-bond donors (Lipinski definition) is 1. The zero-order valence-corrected chi connectivity index (χ0v) is 12.9. The third-order valence-corrected chi connectivity index (χ3v) is 5.49. The molecule has 3 nitrogen and oxygen atoms in total. The van der Waals surface area contributed by atoms with Crippen LogP contribution in [-0.4, -0.2) is 27.9 Å². The summed E-state index contributed by atoms with van der Waals surface area (Å²) >= 11 is 2.00. The maximum absolute atomic E-state index is 4.51. The summed E-state index contributed by atoms with van der Waals surface area (Å²) in [5, 5.41) is 4.09. The van der Waals surface area contributed by atoms with Gasteiger partial charge in [0.1, 0.15) is 5.82 Å². The lowest BCUT2D eigenvalue weighted by Crippen LogP contribution is -2.38. The summed E-state index contributed by atoms with van der Waals surface area (Å²) in [5.41, 5.74) is 1.49. The van der Waals surface area contributed by atoms with E-state index in [0.29, 0.717) is 11.3 Å². The molecule has 0 fully saturated rings. The molecule has 106 valence electrons. The SMILES string of the molecule is CCn1ccnc1CC(NC)C1Cc2ccccc2S1. The minimum absolute atomic E-state index is 0.458. The molecule has 1 aromatic carbocycles. The predicted molar refractivity (Wildman–Crippen MR) is 84.2 cm³/mol. The molecule has 0 spiro atoms. The second kappa shape index (κ2) is 6.02. The van der Waals surface area contributed by atoms with Crippen LogP contribution < -0.4 is 5.32 Å². The summed E-state index contributed by atoms with van der Waals surface area (Å²) in [6.45, 7) is 3.16. The fourth-order valence-corrected chi connectivity index (χ4v) is 4.31. The van der Waals surface area contributed by atoms with Crippen LogP contribution in [0.3, 0.4) is 0 Å². The molecule has 2 heterocycles. The van der Waals surface area contributed by atoms with Crippen molar-refractivity contribution in [2.75, 3.05) is 7.05 Å². The highest BCUT2D eigenvalue weighted by Crippen LogP contribution is 2.38. The number of aromatic nitrogens is 2. The van der Waals surface area contributed by atoms with Crippen molar-refractivity contribution in [3.05, 3.63) is 48.0 Å². The number of likely N-dealkylation sites (N-methyl/N-ethyl adjacent to an activating group) is 1. The second-order valence-corrected chi connectivity index (χ2v) is 6.48. The Balaban J connectivity index is 1.73. The van der Waals surface area contributed by atoms with E-state index < -0.39 is 0 Å². The van der Waals surface area contributed by atoms with Gasteiger partial charge in [-0.2, -0.15) is 0 Å². The molecule has 0 saturated carbocycles. The zero-order chi connectivity index (χ0) is 13.9. The predicted octanol–water partition coefficient (Wildman–Crippen LogP) is 2.75. The second-order valence-electron chi connectivity index (χ2n) is 5.20. The topological polar surface area (TPSA) is 29.9 Å². The maximum Gasteiger partial charge on any atom is 0.110 e. The van der Waals surface area contributed by atoms with Crippen molar-refractivity contribution in [1.82, 2.24) is 14.9 Å². The number of thioether (sulfide) groups is 1. The van der Waals surface area contributed by atoms with Gasteiger partial charge in [-0.3, -0.25) is 0 Å². The average molecular weight is 287 g/mol. The van der Waals surface area contributed by atoms with E-state index in [-0.39, 0.29) is 0 Å². The third-order valence-electron chi connectivity index (χ3n) is 4.04. The molecule has 1 aliphatic heterocycles. The summed E-state index contributed by atoms with van der Waals surface area (Å²) < 4.78 is 2.23. The molecular formula is C16H21N3S. The fraction of sp³-hybridized carbons (Fsp3) is 0.438. The molecule has 20 heavy (non-hydrogen) atoms. The largest absolute Gasteiger partial charge is 0.335 e. The lowest BCUT2D eigenvalue weighted by atomic mass is 10.0. The van der Waals surface area contributed by atoms with Crippen molar-refractivity contribution in [1.29, 1.82) is 0 Å². The van der Waals surface area contributed by atoms with E-state index in [0.717, 1.165) is 19.4 Å². The first-order chi connectivity index (χ1) is 9.81. The van der Waals surface area contributed by atoms with E-state index >= 15 is 0 Å². The van der Waals surface area contributed by atoms with E-state index in [1.165, 1.54) is 16.3 Å². The molecule has 3 rings (SSSR count). The molecule has 0 aliphatic carbocycles. The van der Waals surface area contributed by atoms with E-state index in [2.05, 4.69) is 59.3 Å². The van der Waals surface area contributed by atoms with E-state index in [1.54, 1.807) is 0 Å². The number of nitrogens with one attached hydrogen (secondary N) is 1. The van der Waals surface area contributed by atoms with Gasteiger partial charge in [0.15, 0.2) is 0 Å². The lowest BCUT2D eigenvalue weighted by Gasteiger charge is -2.22. The molecule has 4 heteroatoms. The van der Waals surface area contributed by atoms with Crippen LogP contribution in [-0.2, 0) is 19.4 Å².